The number of nitriles is 1. The highest BCUT2D eigenvalue weighted by Gasteiger charge is 2.41. The number of hydrogen-bond acceptors (Lipinski definition) is 7. The highest BCUT2D eigenvalue weighted by atomic mass is 19.1. The molecular weight excluding hydrogens is 513 g/mol. The first-order chi connectivity index (χ1) is 19.3. The van der Waals surface area contributed by atoms with E-state index < -0.39 is 17.8 Å². The molecule has 3 aliphatic rings. The molecule has 0 spiro atoms. The Morgan fingerprint density at radius 1 is 1.10 bits per heavy atom. The summed E-state index contributed by atoms with van der Waals surface area (Å²) in [6, 6.07) is 10.1. The van der Waals surface area contributed by atoms with Crippen molar-refractivity contribution in [2.45, 2.75) is 38.9 Å². The number of halogens is 1. The Hall–Kier alpha value is -4.56. The second kappa shape index (κ2) is 10.2. The molecule has 3 amide bonds. The Labute approximate surface area is 230 Å². The average molecular weight is 542 g/mol. The molecule has 3 aliphatic heterocycles. The minimum absolute atomic E-state index is 0.168. The molecule has 4 heterocycles. The molecule has 0 radical (unpaired) electrons. The number of aromatic nitrogens is 2. The number of hydrogen-bond donors (Lipinski definition) is 1. The van der Waals surface area contributed by atoms with Crippen LogP contribution < -0.4 is 10.2 Å². The van der Waals surface area contributed by atoms with Crippen molar-refractivity contribution in [1.29, 1.82) is 5.26 Å². The number of nitrogens with zero attached hydrogens (tertiary/aromatic N) is 6. The molecule has 0 saturated carbocycles. The van der Waals surface area contributed by atoms with Crippen LogP contribution in [0.2, 0.25) is 0 Å². The van der Waals surface area contributed by atoms with Crippen LogP contribution in [0.15, 0.2) is 42.9 Å². The monoisotopic (exact) mass is 541 g/mol. The molecular formula is C29H28FN7O3. The fraction of sp³-hybridized carbons (Fsp3) is 0.345. The van der Waals surface area contributed by atoms with E-state index >= 15 is 0 Å². The lowest BCUT2D eigenvalue weighted by Gasteiger charge is -2.37. The van der Waals surface area contributed by atoms with Gasteiger partial charge in [0.2, 0.25) is 11.8 Å². The maximum atomic E-state index is 14.7. The second-order valence-corrected chi connectivity index (χ2v) is 10.5. The van der Waals surface area contributed by atoms with Gasteiger partial charge in [-0.3, -0.25) is 24.6 Å². The molecule has 6 rings (SSSR count). The van der Waals surface area contributed by atoms with Gasteiger partial charge in [0.05, 0.1) is 23.3 Å². The SMILES string of the molecule is Cc1cn(-c2ccc(CN3CCN(c4cc(F)cc5c4CN(C4CCC(=O)NC4=O)C5=O)CC3)cc2C#N)cn1. The van der Waals surface area contributed by atoms with Crippen molar-refractivity contribution in [3.05, 3.63) is 76.6 Å². The number of imide groups is 1. The lowest BCUT2D eigenvalue weighted by atomic mass is 10.0. The summed E-state index contributed by atoms with van der Waals surface area (Å²) >= 11 is 0. The predicted octanol–water partition coefficient (Wildman–Crippen LogP) is 2.27. The molecule has 0 aliphatic carbocycles. The first-order valence-electron chi connectivity index (χ1n) is 13.3. The lowest BCUT2D eigenvalue weighted by molar-refractivity contribution is -0.136. The van der Waals surface area contributed by atoms with Gasteiger partial charge in [0.25, 0.3) is 5.91 Å². The van der Waals surface area contributed by atoms with Crippen LogP contribution in [-0.2, 0) is 22.7 Å². The summed E-state index contributed by atoms with van der Waals surface area (Å²) < 4.78 is 16.5. The predicted molar refractivity (Wildman–Crippen MR) is 143 cm³/mol. The van der Waals surface area contributed by atoms with Crippen molar-refractivity contribution in [1.82, 2.24) is 24.7 Å². The number of aryl methyl sites for hydroxylation is 1. The summed E-state index contributed by atoms with van der Waals surface area (Å²) in [5.74, 6) is -1.71. The second-order valence-electron chi connectivity index (χ2n) is 10.5. The molecule has 1 atom stereocenters. The van der Waals surface area contributed by atoms with Gasteiger partial charge in [-0.2, -0.15) is 5.26 Å². The summed E-state index contributed by atoms with van der Waals surface area (Å²) in [4.78, 5) is 47.2. The number of amides is 3. The number of fused-ring (bicyclic) bond motifs is 1. The average Bonchev–Trinajstić information content (AvgIpc) is 3.51. The van der Waals surface area contributed by atoms with Crippen molar-refractivity contribution in [2.24, 2.45) is 0 Å². The third-order valence-corrected chi connectivity index (χ3v) is 7.89. The number of imidazole rings is 1. The molecule has 10 nitrogen and oxygen atoms in total. The Kier molecular flexibility index (Phi) is 6.56. The van der Waals surface area contributed by atoms with Gasteiger partial charge in [0.1, 0.15) is 17.9 Å². The first kappa shape index (κ1) is 25.7. The van der Waals surface area contributed by atoms with E-state index in [2.05, 4.69) is 26.2 Å². The quantitative estimate of drug-likeness (QED) is 0.493. The maximum absolute atomic E-state index is 14.7. The molecule has 11 heteroatoms. The van der Waals surface area contributed by atoms with E-state index in [9.17, 15) is 24.0 Å². The molecule has 3 aromatic rings. The van der Waals surface area contributed by atoms with E-state index in [1.54, 1.807) is 6.33 Å². The molecule has 204 valence electrons. The zero-order chi connectivity index (χ0) is 28.0. The lowest BCUT2D eigenvalue weighted by Crippen LogP contribution is -2.52. The Morgan fingerprint density at radius 2 is 1.90 bits per heavy atom. The molecule has 2 fully saturated rings. The van der Waals surface area contributed by atoms with Gasteiger partial charge in [-0.25, -0.2) is 9.37 Å². The zero-order valence-electron chi connectivity index (χ0n) is 22.1. The molecule has 2 aromatic carbocycles. The first-order valence-corrected chi connectivity index (χ1v) is 13.3. The van der Waals surface area contributed by atoms with Crippen LogP contribution in [-0.4, -0.2) is 69.3 Å². The third-order valence-electron chi connectivity index (χ3n) is 7.89. The molecule has 1 N–H and O–H groups in total. The van der Waals surface area contributed by atoms with Crippen LogP contribution in [0.25, 0.3) is 5.69 Å². The van der Waals surface area contributed by atoms with Crippen molar-refractivity contribution in [3.63, 3.8) is 0 Å². The smallest absolute Gasteiger partial charge is 0.255 e. The molecule has 40 heavy (non-hydrogen) atoms. The van der Waals surface area contributed by atoms with Gasteiger partial charge >= 0.3 is 0 Å². The van der Waals surface area contributed by atoms with E-state index in [0.717, 1.165) is 30.0 Å². The summed E-state index contributed by atoms with van der Waals surface area (Å²) in [6.07, 6.45) is 4.01. The Balaban J connectivity index is 1.14. The minimum atomic E-state index is -0.743. The third kappa shape index (κ3) is 4.71. The van der Waals surface area contributed by atoms with Gasteiger partial charge in [-0.05, 0) is 43.2 Å². The Bertz CT molecular complexity index is 1570. The normalized spacial score (nSPS) is 19.5. The van der Waals surface area contributed by atoms with Gasteiger partial charge in [-0.15, -0.1) is 0 Å². The van der Waals surface area contributed by atoms with Crippen LogP contribution >= 0.6 is 0 Å². The standard InChI is InChI=1S/C29H28FN7O3/c1-18-14-36(17-32-18)24-3-2-19(10-20(24)13-31)15-34-6-8-35(9-7-34)26-12-21(30)11-22-23(26)16-37(29(22)40)25-4-5-27(38)33-28(25)39/h2-3,10-12,14,17,25H,4-9,15-16H2,1H3,(H,33,38,39). The van der Waals surface area contributed by atoms with E-state index in [4.69, 9.17) is 0 Å². The van der Waals surface area contributed by atoms with Crippen LogP contribution in [0.5, 0.6) is 0 Å². The van der Waals surface area contributed by atoms with Gasteiger partial charge in [0, 0.05) is 68.7 Å². The van der Waals surface area contributed by atoms with Crippen molar-refractivity contribution < 1.29 is 18.8 Å². The summed E-state index contributed by atoms with van der Waals surface area (Å²) in [5, 5.41) is 12.0. The summed E-state index contributed by atoms with van der Waals surface area (Å²) in [6.45, 7) is 5.51. The molecule has 1 unspecified atom stereocenters. The molecule has 1 aromatic heterocycles. The van der Waals surface area contributed by atoms with E-state index in [0.29, 0.717) is 36.4 Å². The number of anilines is 1. The highest BCUT2D eigenvalue weighted by Crippen LogP contribution is 2.35. The van der Waals surface area contributed by atoms with Crippen molar-refractivity contribution in [2.75, 3.05) is 31.1 Å². The highest BCUT2D eigenvalue weighted by molar-refractivity contribution is 6.06. The molecule has 2 saturated heterocycles. The minimum Gasteiger partial charge on any atom is -0.369 e. The molecule has 0 bridgehead atoms. The van der Waals surface area contributed by atoms with Gasteiger partial charge in [-0.1, -0.05) is 6.07 Å². The number of benzene rings is 2. The maximum Gasteiger partial charge on any atom is 0.255 e. The topological polar surface area (TPSA) is 115 Å². The zero-order valence-corrected chi connectivity index (χ0v) is 22.1. The van der Waals surface area contributed by atoms with E-state index in [1.165, 1.54) is 17.0 Å². The number of rotatable bonds is 5. The fourth-order valence-corrected chi connectivity index (χ4v) is 5.84. The number of piperidine rings is 1. The van der Waals surface area contributed by atoms with Crippen LogP contribution in [0.1, 0.15) is 45.6 Å². The fourth-order valence-electron chi connectivity index (χ4n) is 5.84. The Morgan fingerprint density at radius 3 is 2.60 bits per heavy atom. The van der Waals surface area contributed by atoms with Crippen LogP contribution in [0, 0.1) is 24.1 Å². The van der Waals surface area contributed by atoms with Crippen molar-refractivity contribution >= 4 is 23.4 Å². The summed E-state index contributed by atoms with van der Waals surface area (Å²) in [5.41, 5.74) is 4.94. The number of carbonyl (C=O) groups is 3. The van der Waals surface area contributed by atoms with E-state index in [-0.39, 0.29) is 36.8 Å². The summed E-state index contributed by atoms with van der Waals surface area (Å²) in [7, 11) is 0. The number of carbonyl (C=O) groups excluding carboxylic acids is 3. The number of piperazine rings is 1. The number of nitrogens with one attached hydrogen (secondary N) is 1. The van der Waals surface area contributed by atoms with Crippen LogP contribution in [0.4, 0.5) is 10.1 Å². The van der Waals surface area contributed by atoms with Crippen molar-refractivity contribution in [3.8, 4) is 11.8 Å². The van der Waals surface area contributed by atoms with Gasteiger partial charge < -0.3 is 14.4 Å². The largest absolute Gasteiger partial charge is 0.369 e. The van der Waals surface area contributed by atoms with Gasteiger partial charge in [0.15, 0.2) is 0 Å². The van der Waals surface area contributed by atoms with E-state index in [1.807, 2.05) is 35.9 Å². The van der Waals surface area contributed by atoms with Crippen LogP contribution in [0.3, 0.4) is 0 Å².